The van der Waals surface area contributed by atoms with Crippen molar-refractivity contribution in [3.8, 4) is 0 Å². The van der Waals surface area contributed by atoms with Gasteiger partial charge in [-0.2, -0.15) is 0 Å². The molecule has 0 aliphatic carbocycles. The second-order valence-corrected chi connectivity index (χ2v) is 7.01. The molecule has 126 valence electrons. The molecule has 1 atom stereocenters. The topological polar surface area (TPSA) is 69.6 Å². The number of amides is 1. The molecule has 1 aromatic heterocycles. The van der Waals surface area contributed by atoms with Gasteiger partial charge in [-0.1, -0.05) is 0 Å². The van der Waals surface area contributed by atoms with Gasteiger partial charge in [-0.25, -0.2) is 9.97 Å². The molecule has 1 aromatic rings. The number of piperidine rings is 1. The van der Waals surface area contributed by atoms with Crippen LogP contribution in [0, 0.1) is 6.92 Å². The Morgan fingerprint density at radius 3 is 2.78 bits per heavy atom. The Bertz CT molecular complexity index is 569. The van der Waals surface area contributed by atoms with Crippen molar-refractivity contribution in [2.45, 2.75) is 44.6 Å². The Kier molecular flexibility index (Phi) is 4.64. The quantitative estimate of drug-likeness (QED) is 0.898. The smallest absolute Gasteiger partial charge is 0.219 e. The number of carbonyl (C=O) groups excluding carboxylic acids is 1. The van der Waals surface area contributed by atoms with E-state index in [2.05, 4.69) is 14.9 Å². The van der Waals surface area contributed by atoms with E-state index in [0.29, 0.717) is 38.4 Å². The van der Waals surface area contributed by atoms with Crippen LogP contribution in [-0.2, 0) is 4.79 Å². The highest BCUT2D eigenvalue weighted by Crippen LogP contribution is 2.29. The summed E-state index contributed by atoms with van der Waals surface area (Å²) in [6.07, 6.45) is 4.19. The maximum atomic E-state index is 11.4. The number of aliphatic hydroxyl groups is 1. The van der Waals surface area contributed by atoms with Gasteiger partial charge in [0.1, 0.15) is 5.82 Å². The summed E-state index contributed by atoms with van der Waals surface area (Å²) < 4.78 is 0. The summed E-state index contributed by atoms with van der Waals surface area (Å²) in [6, 6.07) is 1.92. The standard InChI is InChI=1S/C17H26N4O2/c1-13-3-7-18-16(19-13)15-4-8-20(11-15)12-17(23)5-9-21(10-6-17)14(2)22/h3,7,15,23H,4-6,8-12H2,1-2H3. The zero-order valence-corrected chi connectivity index (χ0v) is 14.0. The summed E-state index contributed by atoms with van der Waals surface area (Å²) in [5.74, 6) is 1.38. The molecular formula is C17H26N4O2. The van der Waals surface area contributed by atoms with E-state index >= 15 is 0 Å². The first-order chi connectivity index (χ1) is 11.0. The van der Waals surface area contributed by atoms with Gasteiger partial charge in [0.05, 0.1) is 5.60 Å². The average Bonchev–Trinajstić information content (AvgIpc) is 2.95. The molecule has 3 rings (SSSR count). The number of rotatable bonds is 3. The Morgan fingerprint density at radius 1 is 1.39 bits per heavy atom. The number of aryl methyl sites for hydroxylation is 1. The summed E-state index contributed by atoms with van der Waals surface area (Å²) in [5, 5.41) is 10.8. The van der Waals surface area contributed by atoms with Gasteiger partial charge in [-0.3, -0.25) is 9.69 Å². The molecule has 0 spiro atoms. The molecule has 23 heavy (non-hydrogen) atoms. The molecule has 0 aromatic carbocycles. The lowest BCUT2D eigenvalue weighted by atomic mass is 9.91. The molecule has 2 aliphatic rings. The number of β-amino-alcohol motifs (C(OH)–C–C–N with tert-alkyl or cyclic N) is 1. The molecule has 1 N–H and O–H groups in total. The van der Waals surface area contributed by atoms with E-state index < -0.39 is 5.60 Å². The summed E-state index contributed by atoms with van der Waals surface area (Å²) in [7, 11) is 0. The van der Waals surface area contributed by atoms with E-state index in [0.717, 1.165) is 31.0 Å². The van der Waals surface area contributed by atoms with Crippen LogP contribution in [-0.4, -0.2) is 69.1 Å². The lowest BCUT2D eigenvalue weighted by Crippen LogP contribution is -2.51. The van der Waals surface area contributed by atoms with Gasteiger partial charge in [-0.05, 0) is 38.8 Å². The normalized spacial score (nSPS) is 24.8. The molecule has 0 bridgehead atoms. The molecule has 2 fully saturated rings. The van der Waals surface area contributed by atoms with Crippen LogP contribution in [0.4, 0.5) is 0 Å². The Hall–Kier alpha value is -1.53. The van der Waals surface area contributed by atoms with Crippen molar-refractivity contribution in [2.24, 2.45) is 0 Å². The van der Waals surface area contributed by atoms with Gasteiger partial charge < -0.3 is 10.0 Å². The van der Waals surface area contributed by atoms with Crippen molar-refractivity contribution in [2.75, 3.05) is 32.7 Å². The number of likely N-dealkylation sites (tertiary alicyclic amines) is 2. The maximum absolute atomic E-state index is 11.4. The van der Waals surface area contributed by atoms with Crippen LogP contribution in [0.1, 0.15) is 43.6 Å². The van der Waals surface area contributed by atoms with E-state index in [1.54, 1.807) is 6.92 Å². The second kappa shape index (κ2) is 6.53. The molecule has 0 saturated carbocycles. The van der Waals surface area contributed by atoms with Gasteiger partial charge in [0.2, 0.25) is 5.91 Å². The van der Waals surface area contributed by atoms with Crippen molar-refractivity contribution in [3.63, 3.8) is 0 Å². The third-order valence-corrected chi connectivity index (χ3v) is 5.11. The van der Waals surface area contributed by atoms with Gasteiger partial charge in [0.25, 0.3) is 0 Å². The van der Waals surface area contributed by atoms with Crippen LogP contribution in [0.2, 0.25) is 0 Å². The zero-order chi connectivity index (χ0) is 16.4. The van der Waals surface area contributed by atoms with Crippen molar-refractivity contribution < 1.29 is 9.90 Å². The third kappa shape index (κ3) is 3.87. The minimum absolute atomic E-state index is 0.102. The van der Waals surface area contributed by atoms with Crippen molar-refractivity contribution in [1.29, 1.82) is 0 Å². The first kappa shape index (κ1) is 16.3. The zero-order valence-electron chi connectivity index (χ0n) is 14.0. The van der Waals surface area contributed by atoms with Crippen LogP contribution in [0.5, 0.6) is 0 Å². The maximum Gasteiger partial charge on any atom is 0.219 e. The molecule has 1 unspecified atom stereocenters. The van der Waals surface area contributed by atoms with Crippen LogP contribution >= 0.6 is 0 Å². The lowest BCUT2D eigenvalue weighted by Gasteiger charge is -2.40. The first-order valence-electron chi connectivity index (χ1n) is 8.45. The number of aromatic nitrogens is 2. The first-order valence-corrected chi connectivity index (χ1v) is 8.45. The average molecular weight is 318 g/mol. The molecule has 0 radical (unpaired) electrons. The fraction of sp³-hybridized carbons (Fsp3) is 0.706. The van der Waals surface area contributed by atoms with E-state index in [1.165, 1.54) is 0 Å². The molecule has 1 amide bonds. The van der Waals surface area contributed by atoms with Crippen molar-refractivity contribution in [1.82, 2.24) is 19.8 Å². The molecule has 2 aliphatic heterocycles. The molecular weight excluding hydrogens is 292 g/mol. The van der Waals surface area contributed by atoms with E-state index in [4.69, 9.17) is 0 Å². The van der Waals surface area contributed by atoms with Gasteiger partial charge >= 0.3 is 0 Å². The van der Waals surface area contributed by atoms with Gasteiger partial charge in [0, 0.05) is 50.9 Å². The van der Waals surface area contributed by atoms with Gasteiger partial charge in [-0.15, -0.1) is 0 Å². The number of carbonyl (C=O) groups is 1. The highest BCUT2D eigenvalue weighted by atomic mass is 16.3. The third-order valence-electron chi connectivity index (χ3n) is 5.11. The Morgan fingerprint density at radius 2 is 2.13 bits per heavy atom. The van der Waals surface area contributed by atoms with E-state index in [-0.39, 0.29) is 5.91 Å². The van der Waals surface area contributed by atoms with Crippen LogP contribution < -0.4 is 0 Å². The second-order valence-electron chi connectivity index (χ2n) is 7.01. The summed E-state index contributed by atoms with van der Waals surface area (Å²) in [5.41, 5.74) is 0.331. The predicted octanol–water partition coefficient (Wildman–Crippen LogP) is 0.948. The van der Waals surface area contributed by atoms with Crippen LogP contribution in [0.15, 0.2) is 12.3 Å². The Balaban J connectivity index is 1.55. The highest BCUT2D eigenvalue weighted by molar-refractivity contribution is 5.73. The molecule has 6 nitrogen and oxygen atoms in total. The SMILES string of the molecule is CC(=O)N1CCC(O)(CN2CCC(c3nccc(C)n3)C2)CC1. The summed E-state index contributed by atoms with van der Waals surface area (Å²) in [4.78, 5) is 24.5. The molecule has 2 saturated heterocycles. The van der Waals surface area contributed by atoms with Gasteiger partial charge in [0.15, 0.2) is 0 Å². The fourth-order valence-corrected chi connectivity index (χ4v) is 3.66. The molecule has 6 heteroatoms. The van der Waals surface area contributed by atoms with E-state index in [9.17, 15) is 9.90 Å². The van der Waals surface area contributed by atoms with E-state index in [1.807, 2.05) is 24.1 Å². The highest BCUT2D eigenvalue weighted by Gasteiger charge is 2.37. The lowest BCUT2D eigenvalue weighted by molar-refractivity contribution is -0.133. The fourth-order valence-electron chi connectivity index (χ4n) is 3.66. The Labute approximate surface area is 137 Å². The molecule has 3 heterocycles. The minimum atomic E-state index is -0.672. The number of hydrogen-bond acceptors (Lipinski definition) is 5. The minimum Gasteiger partial charge on any atom is -0.388 e. The predicted molar refractivity (Wildman–Crippen MR) is 87.0 cm³/mol. The number of nitrogens with zero attached hydrogens (tertiary/aromatic N) is 4. The van der Waals surface area contributed by atoms with Crippen molar-refractivity contribution >= 4 is 5.91 Å². The monoisotopic (exact) mass is 318 g/mol. The van der Waals surface area contributed by atoms with Crippen LogP contribution in [0.25, 0.3) is 0 Å². The summed E-state index contributed by atoms with van der Waals surface area (Å²) in [6.45, 7) is 7.46. The van der Waals surface area contributed by atoms with Crippen molar-refractivity contribution in [3.05, 3.63) is 23.8 Å². The number of hydrogen-bond donors (Lipinski definition) is 1. The largest absolute Gasteiger partial charge is 0.388 e. The summed E-state index contributed by atoms with van der Waals surface area (Å²) >= 11 is 0. The van der Waals surface area contributed by atoms with Crippen LogP contribution in [0.3, 0.4) is 0 Å².